The van der Waals surface area contributed by atoms with Gasteiger partial charge in [-0.1, -0.05) is 55.8 Å². The second-order valence-electron chi connectivity index (χ2n) is 4.73. The van der Waals surface area contributed by atoms with Gasteiger partial charge in [0.15, 0.2) is 0 Å². The van der Waals surface area contributed by atoms with Gasteiger partial charge >= 0.3 is 0 Å². The first-order valence-electron chi connectivity index (χ1n) is 6.61. The molecule has 0 bridgehead atoms. The molecular formula is C17H20O. The van der Waals surface area contributed by atoms with Crippen LogP contribution in [0.15, 0.2) is 42.5 Å². The standard InChI is InChI=1S/C17H20O/c1-3-4-9-14-10-7-12-16(17(14)18)15-11-6-5-8-13(15)2/h5-8,10-12,18H,3-4,9H2,1-2H3. The number of hydrogen-bond acceptors (Lipinski definition) is 1. The van der Waals surface area contributed by atoms with E-state index in [0.29, 0.717) is 5.75 Å². The molecule has 0 saturated heterocycles. The quantitative estimate of drug-likeness (QED) is 0.820. The summed E-state index contributed by atoms with van der Waals surface area (Å²) in [7, 11) is 0. The van der Waals surface area contributed by atoms with Crippen molar-refractivity contribution in [2.24, 2.45) is 0 Å². The number of aromatic hydroxyl groups is 1. The third-order valence-corrected chi connectivity index (χ3v) is 3.35. The number of phenolic OH excluding ortho intramolecular Hbond substituents is 1. The Morgan fingerprint density at radius 2 is 1.67 bits per heavy atom. The lowest BCUT2D eigenvalue weighted by Crippen LogP contribution is -1.90. The fourth-order valence-corrected chi connectivity index (χ4v) is 2.25. The van der Waals surface area contributed by atoms with Crippen molar-refractivity contribution in [2.75, 3.05) is 0 Å². The van der Waals surface area contributed by atoms with E-state index >= 15 is 0 Å². The smallest absolute Gasteiger partial charge is 0.126 e. The van der Waals surface area contributed by atoms with E-state index in [9.17, 15) is 5.11 Å². The summed E-state index contributed by atoms with van der Waals surface area (Å²) in [5, 5.41) is 10.4. The highest BCUT2D eigenvalue weighted by atomic mass is 16.3. The number of aryl methyl sites for hydroxylation is 2. The Hall–Kier alpha value is -1.76. The van der Waals surface area contributed by atoms with Crippen molar-refractivity contribution in [3.63, 3.8) is 0 Å². The molecule has 2 rings (SSSR count). The van der Waals surface area contributed by atoms with Crippen molar-refractivity contribution in [1.82, 2.24) is 0 Å². The van der Waals surface area contributed by atoms with Crippen LogP contribution in [-0.2, 0) is 6.42 Å². The van der Waals surface area contributed by atoms with Crippen LogP contribution < -0.4 is 0 Å². The summed E-state index contributed by atoms with van der Waals surface area (Å²) in [6.07, 6.45) is 3.21. The van der Waals surface area contributed by atoms with Crippen LogP contribution in [0, 0.1) is 6.92 Å². The maximum absolute atomic E-state index is 10.4. The first-order chi connectivity index (χ1) is 8.74. The predicted molar refractivity (Wildman–Crippen MR) is 76.9 cm³/mol. The molecule has 1 N–H and O–H groups in total. The van der Waals surface area contributed by atoms with Crippen LogP contribution >= 0.6 is 0 Å². The van der Waals surface area contributed by atoms with Gasteiger partial charge in [0.05, 0.1) is 0 Å². The fourth-order valence-electron chi connectivity index (χ4n) is 2.25. The molecule has 18 heavy (non-hydrogen) atoms. The number of benzene rings is 2. The molecule has 2 aromatic rings. The van der Waals surface area contributed by atoms with Gasteiger partial charge in [-0.25, -0.2) is 0 Å². The summed E-state index contributed by atoms with van der Waals surface area (Å²) in [6.45, 7) is 4.25. The summed E-state index contributed by atoms with van der Waals surface area (Å²) < 4.78 is 0. The summed E-state index contributed by atoms with van der Waals surface area (Å²) >= 11 is 0. The molecule has 0 aliphatic carbocycles. The number of hydrogen-bond donors (Lipinski definition) is 1. The minimum absolute atomic E-state index is 0.445. The molecule has 2 aromatic carbocycles. The topological polar surface area (TPSA) is 20.2 Å². The fraction of sp³-hybridized carbons (Fsp3) is 0.294. The number of para-hydroxylation sites is 1. The van der Waals surface area contributed by atoms with Crippen molar-refractivity contribution < 1.29 is 5.11 Å². The van der Waals surface area contributed by atoms with Gasteiger partial charge in [0.1, 0.15) is 5.75 Å². The van der Waals surface area contributed by atoms with Crippen LogP contribution in [-0.4, -0.2) is 5.11 Å². The van der Waals surface area contributed by atoms with Crippen LogP contribution in [0.4, 0.5) is 0 Å². The highest BCUT2D eigenvalue weighted by Crippen LogP contribution is 2.34. The van der Waals surface area contributed by atoms with Gasteiger partial charge in [0, 0.05) is 5.56 Å². The van der Waals surface area contributed by atoms with Crippen molar-refractivity contribution in [1.29, 1.82) is 0 Å². The Kier molecular flexibility index (Phi) is 4.03. The van der Waals surface area contributed by atoms with E-state index in [0.717, 1.165) is 36.0 Å². The average molecular weight is 240 g/mol. The molecular weight excluding hydrogens is 220 g/mol. The summed E-state index contributed by atoms with van der Waals surface area (Å²) in [4.78, 5) is 0. The number of phenols is 1. The molecule has 0 aliphatic rings. The maximum atomic E-state index is 10.4. The molecule has 1 heteroatoms. The highest BCUT2D eigenvalue weighted by Gasteiger charge is 2.09. The lowest BCUT2D eigenvalue weighted by Gasteiger charge is -2.11. The molecule has 0 radical (unpaired) electrons. The summed E-state index contributed by atoms with van der Waals surface area (Å²) in [5.41, 5.74) is 4.31. The van der Waals surface area contributed by atoms with E-state index < -0.39 is 0 Å². The van der Waals surface area contributed by atoms with E-state index in [1.54, 1.807) is 0 Å². The summed E-state index contributed by atoms with van der Waals surface area (Å²) in [5.74, 6) is 0.445. The van der Waals surface area contributed by atoms with E-state index in [1.807, 2.05) is 30.3 Å². The minimum Gasteiger partial charge on any atom is -0.507 e. The zero-order valence-electron chi connectivity index (χ0n) is 11.1. The van der Waals surface area contributed by atoms with Gasteiger partial charge in [-0.3, -0.25) is 0 Å². The van der Waals surface area contributed by atoms with Crippen molar-refractivity contribution in [3.8, 4) is 16.9 Å². The van der Waals surface area contributed by atoms with E-state index in [2.05, 4.69) is 26.0 Å². The maximum Gasteiger partial charge on any atom is 0.126 e. The van der Waals surface area contributed by atoms with Crippen LogP contribution in [0.25, 0.3) is 11.1 Å². The molecule has 0 saturated carbocycles. The predicted octanol–water partition coefficient (Wildman–Crippen LogP) is 4.71. The first kappa shape index (κ1) is 12.7. The highest BCUT2D eigenvalue weighted by molar-refractivity contribution is 5.74. The molecule has 0 unspecified atom stereocenters. The van der Waals surface area contributed by atoms with Crippen LogP contribution in [0.1, 0.15) is 30.9 Å². The van der Waals surface area contributed by atoms with Crippen LogP contribution in [0.5, 0.6) is 5.75 Å². The largest absolute Gasteiger partial charge is 0.507 e. The molecule has 0 heterocycles. The number of rotatable bonds is 4. The molecule has 0 fully saturated rings. The van der Waals surface area contributed by atoms with E-state index in [4.69, 9.17) is 0 Å². The van der Waals surface area contributed by atoms with Gasteiger partial charge in [-0.15, -0.1) is 0 Å². The SMILES string of the molecule is CCCCc1cccc(-c2ccccc2C)c1O. The van der Waals surface area contributed by atoms with Gasteiger partial charge in [-0.05, 0) is 36.5 Å². The van der Waals surface area contributed by atoms with Gasteiger partial charge in [-0.2, -0.15) is 0 Å². The second kappa shape index (κ2) is 5.72. The van der Waals surface area contributed by atoms with E-state index in [1.165, 1.54) is 5.56 Å². The van der Waals surface area contributed by atoms with E-state index in [-0.39, 0.29) is 0 Å². The van der Waals surface area contributed by atoms with Crippen molar-refractivity contribution in [3.05, 3.63) is 53.6 Å². The zero-order chi connectivity index (χ0) is 13.0. The second-order valence-corrected chi connectivity index (χ2v) is 4.73. The molecule has 94 valence electrons. The van der Waals surface area contributed by atoms with Crippen molar-refractivity contribution in [2.45, 2.75) is 33.1 Å². The Labute approximate surface area is 109 Å². The molecule has 0 amide bonds. The monoisotopic (exact) mass is 240 g/mol. The molecule has 0 aromatic heterocycles. The van der Waals surface area contributed by atoms with Gasteiger partial charge in [0.2, 0.25) is 0 Å². The Morgan fingerprint density at radius 3 is 2.39 bits per heavy atom. The molecule has 0 atom stereocenters. The normalized spacial score (nSPS) is 10.6. The Morgan fingerprint density at radius 1 is 0.944 bits per heavy atom. The zero-order valence-corrected chi connectivity index (χ0v) is 11.1. The van der Waals surface area contributed by atoms with Crippen LogP contribution in [0.3, 0.4) is 0 Å². The lowest BCUT2D eigenvalue weighted by molar-refractivity contribution is 0.469. The molecule has 0 aliphatic heterocycles. The van der Waals surface area contributed by atoms with Gasteiger partial charge < -0.3 is 5.11 Å². The summed E-state index contributed by atoms with van der Waals surface area (Å²) in [6, 6.07) is 14.2. The third kappa shape index (κ3) is 2.56. The van der Waals surface area contributed by atoms with Crippen molar-refractivity contribution >= 4 is 0 Å². The van der Waals surface area contributed by atoms with Crippen LogP contribution in [0.2, 0.25) is 0 Å². The minimum atomic E-state index is 0.445. The molecule has 0 spiro atoms. The number of unbranched alkanes of at least 4 members (excludes halogenated alkanes) is 1. The Bertz CT molecular complexity index is 529. The third-order valence-electron chi connectivity index (χ3n) is 3.35. The average Bonchev–Trinajstić information content (AvgIpc) is 2.39. The molecule has 1 nitrogen and oxygen atoms in total. The first-order valence-corrected chi connectivity index (χ1v) is 6.61. The van der Waals surface area contributed by atoms with Gasteiger partial charge in [0.25, 0.3) is 0 Å². The lowest BCUT2D eigenvalue weighted by atomic mass is 9.96. The Balaban J connectivity index is 2.43.